The summed E-state index contributed by atoms with van der Waals surface area (Å²) in [4.78, 5) is 9.94. The van der Waals surface area contributed by atoms with E-state index in [4.69, 9.17) is 4.98 Å². The molecule has 5 nitrogen and oxygen atoms in total. The largest absolute Gasteiger partial charge is 0.322 e. The van der Waals surface area contributed by atoms with Gasteiger partial charge >= 0.3 is 0 Å². The smallest absolute Gasteiger partial charge is 0.140 e. The van der Waals surface area contributed by atoms with Gasteiger partial charge in [0.15, 0.2) is 0 Å². The molecule has 6 heteroatoms. The lowest BCUT2D eigenvalue weighted by atomic mass is 10.1. The van der Waals surface area contributed by atoms with E-state index in [9.17, 15) is 0 Å². The number of nitrogens with zero attached hydrogens (tertiary/aromatic N) is 4. The Labute approximate surface area is 152 Å². The van der Waals surface area contributed by atoms with Crippen LogP contribution in [0.2, 0.25) is 0 Å². The second-order valence-electron chi connectivity index (χ2n) is 6.45. The fraction of sp³-hybridized carbons (Fsp3) is 0.500. The number of likely N-dealkylation sites (N-methyl/N-ethyl adjacent to an activating group) is 2. The molecule has 1 aliphatic heterocycles. The Hall–Kier alpha value is -1.21. The molecular weight excluding hydrogens is 366 g/mol. The van der Waals surface area contributed by atoms with Crippen LogP contribution in [0, 0.1) is 0 Å². The van der Waals surface area contributed by atoms with E-state index >= 15 is 0 Å². The molecule has 1 atom stereocenters. The van der Waals surface area contributed by atoms with Gasteiger partial charge in [0.25, 0.3) is 0 Å². The van der Waals surface area contributed by atoms with Gasteiger partial charge < -0.3 is 14.8 Å². The lowest BCUT2D eigenvalue weighted by molar-refractivity contribution is 0.109. The monoisotopic (exact) mass is 391 g/mol. The molecule has 3 rings (SSSR count). The lowest BCUT2D eigenvalue weighted by Gasteiger charge is -2.37. The number of piperazine rings is 1. The zero-order valence-electron chi connectivity index (χ0n) is 14.7. The summed E-state index contributed by atoms with van der Waals surface area (Å²) >= 11 is 3.78. The zero-order valence-corrected chi connectivity index (χ0v) is 16.3. The van der Waals surface area contributed by atoms with Crippen LogP contribution in [0.4, 0.5) is 0 Å². The predicted molar refractivity (Wildman–Crippen MR) is 102 cm³/mol. The number of imidazole rings is 1. The maximum Gasteiger partial charge on any atom is 0.140 e. The summed E-state index contributed by atoms with van der Waals surface area (Å²) < 4.78 is 3.21. The fourth-order valence-corrected chi connectivity index (χ4v) is 3.80. The molecule has 0 bridgehead atoms. The number of halogens is 1. The molecule has 1 aliphatic rings. The molecule has 0 amide bonds. The lowest BCUT2D eigenvalue weighted by Crippen LogP contribution is -2.48. The molecule has 2 aromatic rings. The van der Waals surface area contributed by atoms with Crippen molar-refractivity contribution in [3.63, 3.8) is 0 Å². The molecule has 2 heterocycles. The van der Waals surface area contributed by atoms with Crippen molar-refractivity contribution >= 4 is 15.9 Å². The third-order valence-corrected chi connectivity index (χ3v) is 5.71. The minimum atomic E-state index is 0.279. The molecule has 0 saturated carbocycles. The number of hydrogen-bond acceptors (Lipinski definition) is 4. The summed E-state index contributed by atoms with van der Waals surface area (Å²) in [6, 6.07) is 10.7. The first kappa shape index (κ1) is 17.6. The standard InChI is InChI=1S/C18H26BrN5/c1-20-13-15(24-11-9-22(2)10-12-24)16-17(19)23(3)18(21-16)14-7-5-4-6-8-14/h4-8,15,20H,9-13H2,1-3H3. The van der Waals surface area contributed by atoms with Crippen LogP contribution in [-0.2, 0) is 7.05 Å². The third kappa shape index (κ3) is 3.57. The SMILES string of the molecule is CNCC(c1nc(-c2ccccc2)n(C)c1Br)N1CCN(C)CC1. The zero-order chi connectivity index (χ0) is 17.1. The van der Waals surface area contributed by atoms with E-state index in [1.54, 1.807) is 0 Å². The Bertz CT molecular complexity index is 662. The van der Waals surface area contributed by atoms with Crippen molar-refractivity contribution in [2.45, 2.75) is 6.04 Å². The highest BCUT2D eigenvalue weighted by molar-refractivity contribution is 9.10. The van der Waals surface area contributed by atoms with Gasteiger partial charge in [0.2, 0.25) is 0 Å². The van der Waals surface area contributed by atoms with Crippen LogP contribution in [0.15, 0.2) is 34.9 Å². The Morgan fingerprint density at radius 3 is 2.42 bits per heavy atom. The average Bonchev–Trinajstić information content (AvgIpc) is 2.90. The highest BCUT2D eigenvalue weighted by Crippen LogP contribution is 2.31. The molecule has 1 saturated heterocycles. The normalized spacial score (nSPS) is 18.0. The number of nitrogens with one attached hydrogen (secondary N) is 1. The van der Waals surface area contributed by atoms with Crippen LogP contribution < -0.4 is 5.32 Å². The predicted octanol–water partition coefficient (Wildman–Crippen LogP) is 2.36. The van der Waals surface area contributed by atoms with Crippen molar-refractivity contribution in [3.8, 4) is 11.4 Å². The van der Waals surface area contributed by atoms with Gasteiger partial charge in [-0.2, -0.15) is 0 Å². The van der Waals surface area contributed by atoms with Crippen LogP contribution in [0.1, 0.15) is 11.7 Å². The average molecular weight is 392 g/mol. The Balaban J connectivity index is 1.93. The second-order valence-corrected chi connectivity index (χ2v) is 7.20. The first-order valence-electron chi connectivity index (χ1n) is 8.46. The fourth-order valence-electron chi connectivity index (χ4n) is 3.28. The van der Waals surface area contributed by atoms with Crippen LogP contribution >= 0.6 is 15.9 Å². The van der Waals surface area contributed by atoms with Crippen molar-refractivity contribution in [2.75, 3.05) is 46.8 Å². The minimum absolute atomic E-state index is 0.279. The van der Waals surface area contributed by atoms with Crippen molar-refractivity contribution in [2.24, 2.45) is 7.05 Å². The van der Waals surface area contributed by atoms with Crippen LogP contribution in [0.5, 0.6) is 0 Å². The Morgan fingerprint density at radius 2 is 1.79 bits per heavy atom. The molecular formula is C18H26BrN5. The molecule has 0 spiro atoms. The molecule has 1 N–H and O–H groups in total. The van der Waals surface area contributed by atoms with Crippen molar-refractivity contribution in [1.82, 2.24) is 24.7 Å². The van der Waals surface area contributed by atoms with Gasteiger partial charge in [-0.05, 0) is 30.0 Å². The molecule has 1 aromatic heterocycles. The third-order valence-electron chi connectivity index (χ3n) is 4.77. The van der Waals surface area contributed by atoms with Crippen molar-refractivity contribution in [1.29, 1.82) is 0 Å². The van der Waals surface area contributed by atoms with Crippen molar-refractivity contribution < 1.29 is 0 Å². The summed E-state index contributed by atoms with van der Waals surface area (Å²) in [5.41, 5.74) is 2.27. The quantitative estimate of drug-likeness (QED) is 0.848. The topological polar surface area (TPSA) is 36.3 Å². The highest BCUT2D eigenvalue weighted by atomic mass is 79.9. The van der Waals surface area contributed by atoms with E-state index in [1.165, 1.54) is 0 Å². The molecule has 130 valence electrons. The maximum atomic E-state index is 5.01. The summed E-state index contributed by atoms with van der Waals surface area (Å²) in [7, 11) is 6.27. The highest BCUT2D eigenvalue weighted by Gasteiger charge is 2.28. The Morgan fingerprint density at radius 1 is 1.12 bits per heavy atom. The van der Waals surface area contributed by atoms with Gasteiger partial charge in [0.1, 0.15) is 10.4 Å². The summed E-state index contributed by atoms with van der Waals surface area (Å²) in [5, 5.41) is 3.35. The van der Waals surface area contributed by atoms with Crippen LogP contribution in [0.3, 0.4) is 0 Å². The van der Waals surface area contributed by atoms with Crippen molar-refractivity contribution in [3.05, 3.63) is 40.6 Å². The summed E-state index contributed by atoms with van der Waals surface area (Å²) in [6.45, 7) is 5.26. The molecule has 24 heavy (non-hydrogen) atoms. The van der Waals surface area contributed by atoms with E-state index in [0.29, 0.717) is 0 Å². The van der Waals surface area contributed by atoms with Gasteiger partial charge in [-0.25, -0.2) is 4.98 Å². The van der Waals surface area contributed by atoms with E-state index in [-0.39, 0.29) is 6.04 Å². The van der Waals surface area contributed by atoms with Gasteiger partial charge in [0, 0.05) is 45.3 Å². The van der Waals surface area contributed by atoms with Crippen LogP contribution in [0.25, 0.3) is 11.4 Å². The number of hydrogen-bond donors (Lipinski definition) is 1. The molecule has 1 unspecified atom stereocenters. The van der Waals surface area contributed by atoms with E-state index in [2.05, 4.69) is 74.0 Å². The van der Waals surface area contributed by atoms with Crippen LogP contribution in [-0.4, -0.2) is 66.2 Å². The molecule has 1 fully saturated rings. The van der Waals surface area contributed by atoms with E-state index in [0.717, 1.165) is 54.4 Å². The van der Waals surface area contributed by atoms with E-state index in [1.807, 2.05) is 13.1 Å². The van der Waals surface area contributed by atoms with Gasteiger partial charge in [0.05, 0.1) is 11.7 Å². The maximum absolute atomic E-state index is 5.01. The molecule has 0 aliphatic carbocycles. The first-order chi connectivity index (χ1) is 11.6. The summed E-state index contributed by atoms with van der Waals surface area (Å²) in [6.07, 6.45) is 0. The Kier molecular flexibility index (Phi) is 5.71. The second kappa shape index (κ2) is 7.78. The molecule has 0 radical (unpaired) electrons. The van der Waals surface area contributed by atoms with Gasteiger partial charge in [-0.15, -0.1) is 0 Å². The van der Waals surface area contributed by atoms with Gasteiger partial charge in [-0.1, -0.05) is 30.3 Å². The van der Waals surface area contributed by atoms with Gasteiger partial charge in [-0.3, -0.25) is 4.90 Å². The first-order valence-corrected chi connectivity index (χ1v) is 9.26. The minimum Gasteiger partial charge on any atom is -0.322 e. The number of aromatic nitrogens is 2. The van der Waals surface area contributed by atoms with E-state index < -0.39 is 0 Å². The number of rotatable bonds is 5. The summed E-state index contributed by atoms with van der Waals surface area (Å²) in [5.74, 6) is 1.01. The molecule has 1 aromatic carbocycles. The number of benzene rings is 1.